The third kappa shape index (κ3) is 5.99. The van der Waals surface area contributed by atoms with Crippen LogP contribution in [0.3, 0.4) is 0 Å². The van der Waals surface area contributed by atoms with E-state index in [1.165, 1.54) is 18.2 Å². The number of amides is 2. The van der Waals surface area contributed by atoms with Crippen molar-refractivity contribution in [3.05, 3.63) is 65.2 Å². The van der Waals surface area contributed by atoms with Crippen LogP contribution in [0.2, 0.25) is 0 Å². The quantitative estimate of drug-likeness (QED) is 0.721. The van der Waals surface area contributed by atoms with Crippen LogP contribution in [0.1, 0.15) is 30.5 Å². The number of para-hydroxylation sites is 1. The number of anilines is 1. The van der Waals surface area contributed by atoms with Crippen molar-refractivity contribution < 1.29 is 18.0 Å². The summed E-state index contributed by atoms with van der Waals surface area (Å²) in [6.07, 6.45) is -4.53. The molecule has 7 heteroatoms. The van der Waals surface area contributed by atoms with Crippen LogP contribution < -0.4 is 10.6 Å². The van der Waals surface area contributed by atoms with Gasteiger partial charge in [-0.1, -0.05) is 50.2 Å². The smallest absolute Gasteiger partial charge is 0.334 e. The average molecular weight is 379 g/mol. The molecule has 0 spiro atoms. The highest BCUT2D eigenvalue weighted by Gasteiger charge is 2.33. The lowest BCUT2D eigenvalue weighted by atomic mass is 10.1. The minimum Gasteiger partial charge on any atom is -0.334 e. The van der Waals surface area contributed by atoms with Gasteiger partial charge in [-0.25, -0.2) is 4.79 Å². The van der Waals surface area contributed by atoms with Crippen molar-refractivity contribution >= 4 is 11.7 Å². The van der Waals surface area contributed by atoms with Crippen LogP contribution >= 0.6 is 0 Å². The summed E-state index contributed by atoms with van der Waals surface area (Å²) >= 11 is 0. The van der Waals surface area contributed by atoms with Crippen LogP contribution in [-0.4, -0.2) is 24.0 Å². The van der Waals surface area contributed by atoms with Crippen molar-refractivity contribution in [2.75, 3.05) is 18.4 Å². The molecule has 0 fully saturated rings. The molecule has 0 aliphatic heterocycles. The normalized spacial score (nSPS) is 11.5. The second kappa shape index (κ2) is 9.41. The minimum atomic E-state index is -4.53. The highest BCUT2D eigenvalue weighted by molar-refractivity contribution is 5.90. The Balaban J connectivity index is 2.03. The number of urea groups is 1. The number of nitrogens with zero attached hydrogens (tertiary/aromatic N) is 1. The molecule has 0 saturated heterocycles. The van der Waals surface area contributed by atoms with Gasteiger partial charge in [-0.15, -0.1) is 0 Å². The maximum absolute atomic E-state index is 13.0. The molecule has 0 aromatic heterocycles. The second-order valence-electron chi connectivity index (χ2n) is 6.08. The highest BCUT2D eigenvalue weighted by Crippen LogP contribution is 2.34. The first kappa shape index (κ1) is 20.8. The number of hydrogen-bond acceptors (Lipinski definition) is 2. The largest absolute Gasteiger partial charge is 0.418 e. The van der Waals surface area contributed by atoms with Gasteiger partial charge in [0, 0.05) is 13.1 Å². The first-order valence-corrected chi connectivity index (χ1v) is 8.85. The molecule has 0 atom stereocenters. The van der Waals surface area contributed by atoms with Crippen molar-refractivity contribution in [1.82, 2.24) is 10.2 Å². The molecule has 146 valence electrons. The van der Waals surface area contributed by atoms with E-state index < -0.39 is 17.8 Å². The Bertz CT molecular complexity index is 758. The van der Waals surface area contributed by atoms with Crippen LogP contribution in [0.15, 0.2) is 48.5 Å². The molecule has 0 aliphatic carbocycles. The van der Waals surface area contributed by atoms with Gasteiger partial charge in [0.2, 0.25) is 0 Å². The van der Waals surface area contributed by atoms with E-state index in [9.17, 15) is 18.0 Å². The van der Waals surface area contributed by atoms with Crippen LogP contribution in [0, 0.1) is 0 Å². The zero-order chi connectivity index (χ0) is 19.9. The summed E-state index contributed by atoms with van der Waals surface area (Å²) < 4.78 is 39.0. The standard InChI is InChI=1S/C20H24F3N3O/c1-3-26(4-2)14-16-10-6-5-9-15(16)13-24-19(27)25-18-12-8-7-11-17(18)20(21,22)23/h5-12H,3-4,13-14H2,1-2H3,(H2,24,25,27). The molecule has 0 heterocycles. The molecule has 27 heavy (non-hydrogen) atoms. The van der Waals surface area contributed by atoms with E-state index in [-0.39, 0.29) is 12.2 Å². The van der Waals surface area contributed by atoms with Crippen LogP contribution in [0.5, 0.6) is 0 Å². The summed E-state index contributed by atoms with van der Waals surface area (Å²) in [4.78, 5) is 14.4. The Morgan fingerprint density at radius 1 is 0.963 bits per heavy atom. The molecule has 0 saturated carbocycles. The summed E-state index contributed by atoms with van der Waals surface area (Å²) in [6, 6.07) is 11.9. The maximum Gasteiger partial charge on any atom is 0.418 e. The fraction of sp³-hybridized carbons (Fsp3) is 0.350. The van der Waals surface area contributed by atoms with Crippen molar-refractivity contribution in [3.8, 4) is 0 Å². The molecule has 0 unspecified atom stereocenters. The third-order valence-corrected chi connectivity index (χ3v) is 4.33. The van der Waals surface area contributed by atoms with Gasteiger partial charge in [0.1, 0.15) is 0 Å². The Labute approximate surface area is 157 Å². The van der Waals surface area contributed by atoms with Crippen molar-refractivity contribution in [2.24, 2.45) is 0 Å². The monoisotopic (exact) mass is 379 g/mol. The predicted molar refractivity (Wildman–Crippen MR) is 100 cm³/mol. The van der Waals surface area contributed by atoms with E-state index >= 15 is 0 Å². The molecular weight excluding hydrogens is 355 g/mol. The number of nitrogens with one attached hydrogen (secondary N) is 2. The van der Waals surface area contributed by atoms with Gasteiger partial charge in [-0.2, -0.15) is 13.2 Å². The lowest BCUT2D eigenvalue weighted by molar-refractivity contribution is -0.136. The predicted octanol–water partition coefficient (Wildman–Crippen LogP) is 4.87. The number of rotatable bonds is 7. The Morgan fingerprint density at radius 3 is 2.19 bits per heavy atom. The third-order valence-electron chi connectivity index (χ3n) is 4.33. The molecule has 2 aromatic carbocycles. The van der Waals surface area contributed by atoms with E-state index in [4.69, 9.17) is 0 Å². The molecule has 0 aliphatic rings. The maximum atomic E-state index is 13.0. The Hall–Kier alpha value is -2.54. The number of hydrogen-bond donors (Lipinski definition) is 2. The number of alkyl halides is 3. The second-order valence-corrected chi connectivity index (χ2v) is 6.08. The molecule has 0 radical (unpaired) electrons. The van der Waals surface area contributed by atoms with Crippen molar-refractivity contribution in [2.45, 2.75) is 33.1 Å². The van der Waals surface area contributed by atoms with E-state index in [1.807, 2.05) is 24.3 Å². The highest BCUT2D eigenvalue weighted by atomic mass is 19.4. The summed E-state index contributed by atoms with van der Waals surface area (Å²) in [5, 5.41) is 4.93. The zero-order valence-corrected chi connectivity index (χ0v) is 15.4. The van der Waals surface area contributed by atoms with E-state index in [2.05, 4.69) is 29.4 Å². The first-order chi connectivity index (χ1) is 12.8. The van der Waals surface area contributed by atoms with E-state index in [0.29, 0.717) is 0 Å². The fourth-order valence-corrected chi connectivity index (χ4v) is 2.75. The van der Waals surface area contributed by atoms with Gasteiger partial charge in [-0.05, 0) is 36.3 Å². The average Bonchev–Trinajstić information content (AvgIpc) is 2.64. The SMILES string of the molecule is CCN(CC)Cc1ccccc1CNC(=O)Nc1ccccc1C(F)(F)F. The van der Waals surface area contributed by atoms with Gasteiger partial charge >= 0.3 is 12.2 Å². The van der Waals surface area contributed by atoms with Crippen molar-refractivity contribution in [3.63, 3.8) is 0 Å². The van der Waals surface area contributed by atoms with Crippen LogP contribution in [0.4, 0.5) is 23.7 Å². The minimum absolute atomic E-state index is 0.234. The van der Waals surface area contributed by atoms with Gasteiger partial charge in [0.15, 0.2) is 0 Å². The number of carbonyl (C=O) groups is 1. The summed E-state index contributed by atoms with van der Waals surface area (Å²) in [5.41, 5.74) is 0.877. The fourth-order valence-electron chi connectivity index (χ4n) is 2.75. The molecule has 2 amide bonds. The Kier molecular flexibility index (Phi) is 7.24. The molecule has 2 aromatic rings. The van der Waals surface area contributed by atoms with Gasteiger partial charge < -0.3 is 10.6 Å². The van der Waals surface area contributed by atoms with Crippen molar-refractivity contribution in [1.29, 1.82) is 0 Å². The van der Waals surface area contributed by atoms with Gasteiger partial charge in [0.25, 0.3) is 0 Å². The summed E-state index contributed by atoms with van der Waals surface area (Å²) in [5.74, 6) is 0. The topological polar surface area (TPSA) is 44.4 Å². The zero-order valence-electron chi connectivity index (χ0n) is 15.4. The summed E-state index contributed by atoms with van der Waals surface area (Å²) in [7, 11) is 0. The number of halogens is 3. The van der Waals surface area contributed by atoms with Crippen LogP contribution in [0.25, 0.3) is 0 Å². The molecule has 0 bridgehead atoms. The number of carbonyl (C=O) groups excluding carboxylic acids is 1. The number of benzene rings is 2. The molecule has 2 rings (SSSR count). The lowest BCUT2D eigenvalue weighted by Crippen LogP contribution is -2.30. The lowest BCUT2D eigenvalue weighted by Gasteiger charge is -2.20. The van der Waals surface area contributed by atoms with Gasteiger partial charge in [-0.3, -0.25) is 4.90 Å². The van der Waals surface area contributed by atoms with Gasteiger partial charge in [0.05, 0.1) is 11.3 Å². The first-order valence-electron chi connectivity index (χ1n) is 8.85. The van der Waals surface area contributed by atoms with Crippen LogP contribution in [-0.2, 0) is 19.3 Å². The van der Waals surface area contributed by atoms with E-state index in [0.717, 1.165) is 36.8 Å². The molecular formula is C20H24F3N3O. The summed E-state index contributed by atoms with van der Waals surface area (Å²) in [6.45, 7) is 6.96. The molecule has 2 N–H and O–H groups in total. The Morgan fingerprint density at radius 2 is 1.56 bits per heavy atom. The van der Waals surface area contributed by atoms with E-state index in [1.54, 1.807) is 0 Å². The molecule has 4 nitrogen and oxygen atoms in total.